The Kier molecular flexibility index (Phi) is 6.99. The van der Waals surface area contributed by atoms with Crippen LogP contribution in [0.25, 0.3) is 0 Å². The molecule has 2 N–H and O–H groups in total. The molecular formula is C23H28N2O3. The second-order valence-corrected chi connectivity index (χ2v) is 7.57. The second kappa shape index (κ2) is 9.22. The van der Waals surface area contributed by atoms with Crippen LogP contribution in [-0.4, -0.2) is 24.5 Å². The van der Waals surface area contributed by atoms with E-state index in [1.165, 1.54) is 5.56 Å². The van der Waals surface area contributed by atoms with Crippen LogP contribution in [-0.2, 0) is 10.2 Å². The first-order valence-corrected chi connectivity index (χ1v) is 9.28. The van der Waals surface area contributed by atoms with Gasteiger partial charge in [0.25, 0.3) is 11.8 Å². The van der Waals surface area contributed by atoms with Crippen molar-refractivity contribution in [2.75, 3.05) is 11.9 Å². The Hall–Kier alpha value is -3.08. The molecule has 0 aliphatic heterocycles. The van der Waals surface area contributed by atoms with Crippen LogP contribution < -0.4 is 15.4 Å². The predicted molar refractivity (Wildman–Crippen MR) is 113 cm³/mol. The first kappa shape index (κ1) is 21.2. The number of carbonyl (C=O) groups excluding carboxylic acids is 2. The fourth-order valence-corrected chi connectivity index (χ4v) is 2.58. The molecule has 2 amide bonds. The van der Waals surface area contributed by atoms with E-state index in [9.17, 15) is 9.59 Å². The monoisotopic (exact) mass is 380 g/mol. The highest BCUT2D eigenvalue weighted by Gasteiger charge is 2.19. The van der Waals surface area contributed by atoms with Gasteiger partial charge in [0.05, 0.1) is 11.3 Å². The summed E-state index contributed by atoms with van der Waals surface area (Å²) in [6.07, 6.45) is 0.879. The van der Waals surface area contributed by atoms with Gasteiger partial charge in [0.1, 0.15) is 5.75 Å². The number of hydrogen-bond acceptors (Lipinski definition) is 3. The van der Waals surface area contributed by atoms with Crippen LogP contribution in [0.3, 0.4) is 0 Å². The topological polar surface area (TPSA) is 67.4 Å². The summed E-state index contributed by atoms with van der Waals surface area (Å²) in [7, 11) is 0. The van der Waals surface area contributed by atoms with Gasteiger partial charge in [-0.3, -0.25) is 9.59 Å². The van der Waals surface area contributed by atoms with Crippen LogP contribution in [0.2, 0.25) is 0 Å². The van der Waals surface area contributed by atoms with Crippen molar-refractivity contribution in [3.8, 4) is 5.75 Å². The summed E-state index contributed by atoms with van der Waals surface area (Å²) in [5.41, 5.74) is 2.07. The van der Waals surface area contributed by atoms with Gasteiger partial charge in [0.15, 0.2) is 6.10 Å². The zero-order chi connectivity index (χ0) is 20.7. The number of anilines is 1. The van der Waals surface area contributed by atoms with Crippen LogP contribution in [0.1, 0.15) is 43.6 Å². The zero-order valence-corrected chi connectivity index (χ0v) is 16.9. The Morgan fingerprint density at radius 3 is 2.36 bits per heavy atom. The van der Waals surface area contributed by atoms with E-state index >= 15 is 0 Å². The SMILES string of the molecule is C=CCNC(=O)c1ccccc1NC(=O)[C@@H](C)Oc1ccc(C(C)(C)C)cc1. The molecule has 0 aliphatic rings. The lowest BCUT2D eigenvalue weighted by molar-refractivity contribution is -0.122. The second-order valence-electron chi connectivity index (χ2n) is 7.57. The highest BCUT2D eigenvalue weighted by Crippen LogP contribution is 2.25. The van der Waals surface area contributed by atoms with Gasteiger partial charge in [-0.15, -0.1) is 6.58 Å². The molecule has 0 saturated heterocycles. The Labute approximate surface area is 166 Å². The summed E-state index contributed by atoms with van der Waals surface area (Å²) in [4.78, 5) is 24.8. The molecule has 0 aliphatic carbocycles. The van der Waals surface area contributed by atoms with Crippen molar-refractivity contribution < 1.29 is 14.3 Å². The van der Waals surface area contributed by atoms with Crippen LogP contribution in [0, 0.1) is 0 Å². The third-order valence-corrected chi connectivity index (χ3v) is 4.24. The molecule has 5 nitrogen and oxygen atoms in total. The molecule has 2 aromatic carbocycles. The van der Waals surface area contributed by atoms with E-state index in [0.717, 1.165) is 0 Å². The van der Waals surface area contributed by atoms with E-state index < -0.39 is 6.10 Å². The average molecular weight is 380 g/mol. The van der Waals surface area contributed by atoms with Gasteiger partial charge in [-0.2, -0.15) is 0 Å². The van der Waals surface area contributed by atoms with E-state index in [0.29, 0.717) is 23.5 Å². The number of hydrogen-bond donors (Lipinski definition) is 2. The van der Waals surface area contributed by atoms with E-state index in [2.05, 4.69) is 38.0 Å². The molecule has 2 rings (SSSR count). The molecule has 0 aromatic heterocycles. The fraction of sp³-hybridized carbons (Fsp3) is 0.304. The Balaban J connectivity index is 2.05. The molecule has 0 unspecified atom stereocenters. The molecule has 0 spiro atoms. The zero-order valence-electron chi connectivity index (χ0n) is 16.9. The molecular weight excluding hydrogens is 352 g/mol. The molecule has 0 radical (unpaired) electrons. The molecule has 148 valence electrons. The summed E-state index contributed by atoms with van der Waals surface area (Å²) in [5.74, 6) is 0.0127. The number of para-hydroxylation sites is 1. The van der Waals surface area contributed by atoms with Crippen molar-refractivity contribution in [3.05, 3.63) is 72.3 Å². The summed E-state index contributed by atoms with van der Waals surface area (Å²) in [6.45, 7) is 12.0. The lowest BCUT2D eigenvalue weighted by Crippen LogP contribution is -2.31. The van der Waals surface area contributed by atoms with Gasteiger partial charge in [0, 0.05) is 6.54 Å². The van der Waals surface area contributed by atoms with Gasteiger partial charge < -0.3 is 15.4 Å². The number of nitrogens with one attached hydrogen (secondary N) is 2. The Morgan fingerprint density at radius 2 is 1.75 bits per heavy atom. The summed E-state index contributed by atoms with van der Waals surface area (Å²) >= 11 is 0. The van der Waals surface area contributed by atoms with Gasteiger partial charge in [-0.25, -0.2) is 0 Å². The largest absolute Gasteiger partial charge is 0.481 e. The van der Waals surface area contributed by atoms with Crippen LogP contribution >= 0.6 is 0 Å². The highest BCUT2D eigenvalue weighted by molar-refractivity contribution is 6.04. The minimum absolute atomic E-state index is 0.0530. The Bertz CT molecular complexity index is 836. The lowest BCUT2D eigenvalue weighted by Gasteiger charge is -2.20. The van der Waals surface area contributed by atoms with Gasteiger partial charge >= 0.3 is 0 Å². The standard InChI is InChI=1S/C23H28N2O3/c1-6-15-24-22(27)19-9-7-8-10-20(19)25-21(26)16(2)28-18-13-11-17(12-14-18)23(3,4)5/h6-14,16H,1,15H2,2-5H3,(H,24,27)(H,25,26)/t16-/m1/s1. The summed E-state index contributed by atoms with van der Waals surface area (Å²) in [5, 5.41) is 5.48. The maximum atomic E-state index is 12.5. The molecule has 0 saturated carbocycles. The lowest BCUT2D eigenvalue weighted by atomic mass is 9.87. The number of rotatable bonds is 7. The van der Waals surface area contributed by atoms with Gasteiger partial charge in [0.2, 0.25) is 0 Å². The third kappa shape index (κ3) is 5.71. The van der Waals surface area contributed by atoms with Crippen LogP contribution in [0.15, 0.2) is 61.2 Å². The number of amides is 2. The van der Waals surface area contributed by atoms with Crippen LogP contribution in [0.5, 0.6) is 5.75 Å². The maximum Gasteiger partial charge on any atom is 0.265 e. The molecule has 1 atom stereocenters. The molecule has 5 heteroatoms. The minimum Gasteiger partial charge on any atom is -0.481 e. The van der Waals surface area contributed by atoms with E-state index in [1.54, 1.807) is 37.3 Å². The predicted octanol–water partition coefficient (Wildman–Crippen LogP) is 4.31. The smallest absolute Gasteiger partial charge is 0.265 e. The highest BCUT2D eigenvalue weighted by atomic mass is 16.5. The van der Waals surface area contributed by atoms with E-state index in [1.807, 2.05) is 24.3 Å². The molecule has 2 aromatic rings. The minimum atomic E-state index is -0.718. The number of carbonyl (C=O) groups is 2. The summed E-state index contributed by atoms with van der Waals surface area (Å²) < 4.78 is 5.76. The quantitative estimate of drug-likeness (QED) is 0.704. The summed E-state index contributed by atoms with van der Waals surface area (Å²) in [6, 6.07) is 14.6. The fourth-order valence-electron chi connectivity index (χ4n) is 2.58. The first-order valence-electron chi connectivity index (χ1n) is 9.28. The Morgan fingerprint density at radius 1 is 1.11 bits per heavy atom. The number of ether oxygens (including phenoxy) is 1. The van der Waals surface area contributed by atoms with Crippen molar-refractivity contribution >= 4 is 17.5 Å². The normalized spacial score (nSPS) is 12.0. The van der Waals surface area contributed by atoms with Crippen LogP contribution in [0.4, 0.5) is 5.69 Å². The van der Waals surface area contributed by atoms with Crippen molar-refractivity contribution in [1.29, 1.82) is 0 Å². The maximum absolute atomic E-state index is 12.5. The molecule has 0 heterocycles. The average Bonchev–Trinajstić information content (AvgIpc) is 2.66. The number of benzene rings is 2. The van der Waals surface area contributed by atoms with Crippen molar-refractivity contribution in [2.45, 2.75) is 39.2 Å². The van der Waals surface area contributed by atoms with E-state index in [-0.39, 0.29) is 17.2 Å². The van der Waals surface area contributed by atoms with E-state index in [4.69, 9.17) is 4.74 Å². The molecule has 0 fully saturated rings. The first-order chi connectivity index (χ1) is 13.2. The van der Waals surface area contributed by atoms with Crippen molar-refractivity contribution in [2.24, 2.45) is 0 Å². The van der Waals surface area contributed by atoms with Gasteiger partial charge in [-0.1, -0.05) is 51.1 Å². The van der Waals surface area contributed by atoms with Crippen molar-refractivity contribution in [1.82, 2.24) is 5.32 Å². The third-order valence-electron chi connectivity index (χ3n) is 4.24. The van der Waals surface area contributed by atoms with Gasteiger partial charge in [-0.05, 0) is 42.2 Å². The van der Waals surface area contributed by atoms with Crippen molar-refractivity contribution in [3.63, 3.8) is 0 Å². The molecule has 0 bridgehead atoms. The molecule has 28 heavy (non-hydrogen) atoms.